The van der Waals surface area contributed by atoms with Crippen molar-refractivity contribution in [2.75, 3.05) is 12.4 Å². The largest absolute Gasteiger partial charge is 0.481 e. The van der Waals surface area contributed by atoms with E-state index in [0.29, 0.717) is 23.4 Å². The van der Waals surface area contributed by atoms with E-state index < -0.39 is 5.97 Å². The molecule has 2 rings (SSSR count). The van der Waals surface area contributed by atoms with Gasteiger partial charge < -0.3 is 15.2 Å². The van der Waals surface area contributed by atoms with Gasteiger partial charge in [-0.1, -0.05) is 0 Å². The van der Waals surface area contributed by atoms with Gasteiger partial charge in [-0.05, 0) is 6.92 Å². The fraction of sp³-hybridized carbons (Fsp3) is 0.273. The molecule has 0 aromatic carbocycles. The number of rotatable bonds is 5. The van der Waals surface area contributed by atoms with Gasteiger partial charge in [-0.3, -0.25) is 0 Å². The predicted molar refractivity (Wildman–Crippen MR) is 69.7 cm³/mol. The number of hydrogen-bond acceptors (Lipinski definition) is 7. The maximum atomic E-state index is 10.7. The smallest absolute Gasteiger partial charge is 0.355 e. The van der Waals surface area contributed by atoms with Crippen molar-refractivity contribution < 1.29 is 14.6 Å². The fourth-order valence-corrected chi connectivity index (χ4v) is 2.08. The molecule has 2 aromatic heterocycles. The quantitative estimate of drug-likeness (QED) is 0.857. The number of ether oxygens (including phenoxy) is 1. The second kappa shape index (κ2) is 5.61. The van der Waals surface area contributed by atoms with E-state index in [9.17, 15) is 4.79 Å². The molecular weight excluding hydrogens is 268 g/mol. The third-order valence-electron chi connectivity index (χ3n) is 2.21. The van der Waals surface area contributed by atoms with Gasteiger partial charge >= 0.3 is 5.97 Å². The summed E-state index contributed by atoms with van der Waals surface area (Å²) in [5.41, 5.74) is 0.823. The second-order valence-electron chi connectivity index (χ2n) is 3.66. The van der Waals surface area contributed by atoms with Crippen LogP contribution in [0.15, 0.2) is 11.4 Å². The molecule has 19 heavy (non-hydrogen) atoms. The number of hydrogen-bond donors (Lipinski definition) is 2. The molecule has 0 aliphatic heterocycles. The van der Waals surface area contributed by atoms with Crippen molar-refractivity contribution in [3.63, 3.8) is 0 Å². The third-order valence-corrected chi connectivity index (χ3v) is 3.06. The molecule has 2 N–H and O–H groups in total. The zero-order chi connectivity index (χ0) is 13.8. The van der Waals surface area contributed by atoms with Crippen molar-refractivity contribution in [3.8, 4) is 5.88 Å². The molecule has 0 saturated heterocycles. The monoisotopic (exact) mass is 280 g/mol. The van der Waals surface area contributed by atoms with Gasteiger partial charge in [0.05, 0.1) is 13.7 Å². The molecule has 2 heterocycles. The molecule has 0 spiro atoms. The van der Waals surface area contributed by atoms with E-state index in [2.05, 4.69) is 20.3 Å². The van der Waals surface area contributed by atoms with E-state index in [1.54, 1.807) is 6.07 Å². The Hall–Kier alpha value is -2.22. The number of aryl methyl sites for hydroxylation is 1. The zero-order valence-corrected chi connectivity index (χ0v) is 11.2. The summed E-state index contributed by atoms with van der Waals surface area (Å²) in [7, 11) is 1.53. The van der Waals surface area contributed by atoms with Crippen molar-refractivity contribution in [2.45, 2.75) is 13.5 Å². The zero-order valence-electron chi connectivity index (χ0n) is 10.4. The molecule has 0 bridgehead atoms. The van der Waals surface area contributed by atoms with Crippen LogP contribution in [0, 0.1) is 6.92 Å². The van der Waals surface area contributed by atoms with E-state index in [1.807, 2.05) is 6.92 Å². The number of thiazole rings is 1. The Labute approximate surface area is 113 Å². The van der Waals surface area contributed by atoms with E-state index in [1.165, 1.54) is 23.8 Å². The molecule has 0 unspecified atom stereocenters. The van der Waals surface area contributed by atoms with Crippen LogP contribution in [0.1, 0.15) is 21.2 Å². The van der Waals surface area contributed by atoms with Crippen LogP contribution in [0.4, 0.5) is 5.95 Å². The maximum absolute atomic E-state index is 10.7. The number of aromatic carboxylic acids is 1. The number of nitrogens with zero attached hydrogens (tertiary/aromatic N) is 3. The summed E-state index contributed by atoms with van der Waals surface area (Å²) in [6, 6.07) is 1.72. The summed E-state index contributed by atoms with van der Waals surface area (Å²) in [6.07, 6.45) is 0. The van der Waals surface area contributed by atoms with Gasteiger partial charge in [-0.25, -0.2) is 14.8 Å². The summed E-state index contributed by atoms with van der Waals surface area (Å²) in [5, 5.41) is 13.9. The first kappa shape index (κ1) is 13.2. The molecule has 8 heteroatoms. The highest BCUT2D eigenvalue weighted by molar-refractivity contribution is 7.09. The Morgan fingerprint density at radius 2 is 2.26 bits per heavy atom. The Kier molecular flexibility index (Phi) is 3.91. The number of carbonyl (C=O) groups is 1. The summed E-state index contributed by atoms with van der Waals surface area (Å²) in [4.78, 5) is 23.0. The molecule has 0 atom stereocenters. The highest BCUT2D eigenvalue weighted by atomic mass is 32.1. The lowest BCUT2D eigenvalue weighted by Gasteiger charge is -2.05. The molecule has 0 aliphatic rings. The van der Waals surface area contributed by atoms with Gasteiger partial charge in [-0.2, -0.15) is 4.98 Å². The van der Waals surface area contributed by atoms with Crippen LogP contribution in [-0.4, -0.2) is 33.1 Å². The van der Waals surface area contributed by atoms with Crippen LogP contribution in [0.25, 0.3) is 0 Å². The van der Waals surface area contributed by atoms with Crippen LogP contribution in [0.2, 0.25) is 0 Å². The Balaban J connectivity index is 2.05. The van der Waals surface area contributed by atoms with Crippen LogP contribution < -0.4 is 10.1 Å². The minimum Gasteiger partial charge on any atom is -0.481 e. The van der Waals surface area contributed by atoms with Crippen LogP contribution >= 0.6 is 11.3 Å². The van der Waals surface area contributed by atoms with Crippen molar-refractivity contribution in [2.24, 2.45) is 0 Å². The lowest BCUT2D eigenvalue weighted by molar-refractivity contribution is 0.0691. The maximum Gasteiger partial charge on any atom is 0.355 e. The van der Waals surface area contributed by atoms with Gasteiger partial charge in [0.1, 0.15) is 5.01 Å². The lowest BCUT2D eigenvalue weighted by Crippen LogP contribution is -2.06. The molecule has 0 fully saturated rings. The Morgan fingerprint density at radius 3 is 2.89 bits per heavy atom. The van der Waals surface area contributed by atoms with E-state index >= 15 is 0 Å². The Bertz CT molecular complexity index is 599. The first-order chi connectivity index (χ1) is 9.08. The number of carboxylic acid groups (broad SMARTS) is 1. The van der Waals surface area contributed by atoms with Crippen LogP contribution in [0.5, 0.6) is 5.88 Å². The minimum atomic E-state index is -1.03. The second-order valence-corrected chi connectivity index (χ2v) is 4.60. The van der Waals surface area contributed by atoms with Gasteiger partial charge in [0.15, 0.2) is 5.69 Å². The van der Waals surface area contributed by atoms with Crippen molar-refractivity contribution in [1.82, 2.24) is 15.0 Å². The number of anilines is 1. The minimum absolute atomic E-state index is 0.0459. The lowest BCUT2D eigenvalue weighted by atomic mass is 10.4. The molecule has 2 aromatic rings. The Morgan fingerprint density at radius 1 is 1.47 bits per heavy atom. The van der Waals surface area contributed by atoms with E-state index in [0.717, 1.165) is 5.69 Å². The third kappa shape index (κ3) is 3.38. The summed E-state index contributed by atoms with van der Waals surface area (Å²) >= 11 is 1.27. The van der Waals surface area contributed by atoms with E-state index in [-0.39, 0.29) is 5.69 Å². The highest BCUT2D eigenvalue weighted by Crippen LogP contribution is 2.14. The van der Waals surface area contributed by atoms with Crippen LogP contribution in [0.3, 0.4) is 0 Å². The summed E-state index contributed by atoms with van der Waals surface area (Å²) < 4.78 is 5.04. The molecule has 0 aliphatic carbocycles. The van der Waals surface area contributed by atoms with Crippen molar-refractivity contribution in [1.29, 1.82) is 0 Å². The van der Waals surface area contributed by atoms with Crippen molar-refractivity contribution in [3.05, 3.63) is 27.8 Å². The topological polar surface area (TPSA) is 97.2 Å². The number of methoxy groups -OCH3 is 1. The molecule has 0 radical (unpaired) electrons. The summed E-state index contributed by atoms with van der Waals surface area (Å²) in [6.45, 7) is 2.20. The van der Waals surface area contributed by atoms with Crippen LogP contribution in [-0.2, 0) is 6.54 Å². The van der Waals surface area contributed by atoms with Crippen molar-refractivity contribution >= 4 is 23.3 Å². The molecule has 7 nitrogen and oxygen atoms in total. The SMILES string of the molecule is COc1cc(C)nc(NCc2nc(C(=O)O)cs2)n1. The first-order valence-corrected chi connectivity index (χ1v) is 6.27. The van der Waals surface area contributed by atoms with Gasteiger partial charge in [0.2, 0.25) is 11.8 Å². The standard InChI is InChI=1S/C11H12N4O3S/c1-6-3-8(18-2)15-11(13-6)12-4-9-14-7(5-19-9)10(16)17/h3,5H,4H2,1-2H3,(H,16,17)(H,12,13,15). The normalized spacial score (nSPS) is 10.2. The van der Waals surface area contributed by atoms with E-state index in [4.69, 9.17) is 9.84 Å². The fourth-order valence-electron chi connectivity index (χ4n) is 1.37. The van der Waals surface area contributed by atoms with Gasteiger partial charge in [0, 0.05) is 17.1 Å². The average molecular weight is 280 g/mol. The molecular formula is C11H12N4O3S. The van der Waals surface area contributed by atoms with Gasteiger partial charge in [0.25, 0.3) is 0 Å². The predicted octanol–water partition coefficient (Wildman–Crippen LogP) is 1.56. The molecule has 0 amide bonds. The van der Waals surface area contributed by atoms with Gasteiger partial charge in [-0.15, -0.1) is 11.3 Å². The first-order valence-electron chi connectivity index (χ1n) is 5.39. The molecule has 0 saturated carbocycles. The number of nitrogens with one attached hydrogen (secondary N) is 1. The average Bonchev–Trinajstić information content (AvgIpc) is 2.84. The number of aromatic nitrogens is 3. The highest BCUT2D eigenvalue weighted by Gasteiger charge is 2.09. The number of carboxylic acids is 1. The molecule has 100 valence electrons. The summed E-state index contributed by atoms with van der Waals surface area (Å²) in [5.74, 6) is -0.139.